The standard InChI is InChI=1S/C13H22N2O/c1-15(2)10-6-9-14-11-12-7-4-5-8-13(12)16-3/h4-5,7-8,14H,6,9-11H2,1-3H3. The minimum absolute atomic E-state index is 0.872. The first-order valence-corrected chi connectivity index (χ1v) is 5.71. The Morgan fingerprint density at radius 1 is 1.25 bits per heavy atom. The van der Waals surface area contributed by atoms with Crippen LogP contribution in [0.5, 0.6) is 5.75 Å². The molecule has 0 saturated carbocycles. The molecule has 0 fully saturated rings. The minimum Gasteiger partial charge on any atom is -0.496 e. The van der Waals surface area contributed by atoms with Crippen LogP contribution < -0.4 is 10.1 Å². The van der Waals surface area contributed by atoms with Crippen LogP contribution in [0, 0.1) is 0 Å². The van der Waals surface area contributed by atoms with E-state index in [4.69, 9.17) is 4.74 Å². The van der Waals surface area contributed by atoms with E-state index >= 15 is 0 Å². The van der Waals surface area contributed by atoms with Crippen molar-refractivity contribution in [3.8, 4) is 5.75 Å². The van der Waals surface area contributed by atoms with Gasteiger partial charge < -0.3 is 15.0 Å². The molecule has 1 N–H and O–H groups in total. The molecule has 1 rings (SSSR count). The molecule has 0 aliphatic rings. The lowest BCUT2D eigenvalue weighted by Crippen LogP contribution is -2.21. The zero-order valence-electron chi connectivity index (χ0n) is 10.5. The molecule has 0 amide bonds. The summed E-state index contributed by atoms with van der Waals surface area (Å²) in [6.07, 6.45) is 1.17. The highest BCUT2D eigenvalue weighted by molar-refractivity contribution is 5.32. The molecule has 3 nitrogen and oxygen atoms in total. The fourth-order valence-electron chi connectivity index (χ4n) is 1.59. The second-order valence-corrected chi connectivity index (χ2v) is 4.15. The zero-order valence-corrected chi connectivity index (χ0v) is 10.5. The Balaban J connectivity index is 2.26. The van der Waals surface area contributed by atoms with E-state index in [1.807, 2.05) is 18.2 Å². The van der Waals surface area contributed by atoms with Crippen molar-refractivity contribution in [2.24, 2.45) is 0 Å². The number of hydrogen-bond acceptors (Lipinski definition) is 3. The quantitative estimate of drug-likeness (QED) is 0.711. The second-order valence-electron chi connectivity index (χ2n) is 4.15. The van der Waals surface area contributed by atoms with Gasteiger partial charge in [-0.2, -0.15) is 0 Å². The van der Waals surface area contributed by atoms with Gasteiger partial charge in [-0.3, -0.25) is 0 Å². The Morgan fingerprint density at radius 3 is 2.69 bits per heavy atom. The molecule has 0 radical (unpaired) electrons. The lowest BCUT2D eigenvalue weighted by atomic mass is 10.2. The lowest BCUT2D eigenvalue weighted by molar-refractivity contribution is 0.391. The van der Waals surface area contributed by atoms with Crippen LogP contribution in [0.25, 0.3) is 0 Å². The number of benzene rings is 1. The van der Waals surface area contributed by atoms with E-state index in [1.165, 1.54) is 12.0 Å². The number of nitrogens with zero attached hydrogens (tertiary/aromatic N) is 1. The van der Waals surface area contributed by atoms with Crippen LogP contribution in [0.4, 0.5) is 0 Å². The monoisotopic (exact) mass is 222 g/mol. The Kier molecular flexibility index (Phi) is 5.90. The molecule has 0 aliphatic heterocycles. The Morgan fingerprint density at radius 2 is 2.00 bits per heavy atom. The largest absolute Gasteiger partial charge is 0.496 e. The molecule has 0 bridgehead atoms. The Labute approximate surface area is 98.4 Å². The molecule has 0 aliphatic carbocycles. The van der Waals surface area contributed by atoms with Gasteiger partial charge in [-0.1, -0.05) is 18.2 Å². The topological polar surface area (TPSA) is 24.5 Å². The fraction of sp³-hybridized carbons (Fsp3) is 0.538. The van der Waals surface area contributed by atoms with Crippen molar-refractivity contribution in [2.75, 3.05) is 34.3 Å². The van der Waals surface area contributed by atoms with E-state index in [2.05, 4.69) is 30.4 Å². The number of rotatable bonds is 7. The number of ether oxygens (including phenoxy) is 1. The predicted molar refractivity (Wildman–Crippen MR) is 67.9 cm³/mol. The molecule has 0 unspecified atom stereocenters. The van der Waals surface area contributed by atoms with Crippen LogP contribution >= 0.6 is 0 Å². The van der Waals surface area contributed by atoms with Gasteiger partial charge in [-0.05, 0) is 39.7 Å². The molecule has 0 spiro atoms. The minimum atomic E-state index is 0.872. The van der Waals surface area contributed by atoms with Crippen molar-refractivity contribution in [3.63, 3.8) is 0 Å². The number of nitrogens with one attached hydrogen (secondary N) is 1. The third-order valence-corrected chi connectivity index (χ3v) is 2.47. The number of hydrogen-bond donors (Lipinski definition) is 1. The van der Waals surface area contributed by atoms with Gasteiger partial charge in [-0.25, -0.2) is 0 Å². The van der Waals surface area contributed by atoms with Crippen LogP contribution in [0.2, 0.25) is 0 Å². The molecule has 90 valence electrons. The fourth-order valence-corrected chi connectivity index (χ4v) is 1.59. The smallest absolute Gasteiger partial charge is 0.123 e. The summed E-state index contributed by atoms with van der Waals surface area (Å²) in [6, 6.07) is 8.13. The normalized spacial score (nSPS) is 10.8. The van der Waals surface area contributed by atoms with Gasteiger partial charge in [0.25, 0.3) is 0 Å². The van der Waals surface area contributed by atoms with Crippen molar-refractivity contribution < 1.29 is 4.74 Å². The molecule has 1 aromatic rings. The summed E-state index contributed by atoms with van der Waals surface area (Å²) in [6.45, 7) is 3.03. The second kappa shape index (κ2) is 7.25. The average Bonchev–Trinajstić information content (AvgIpc) is 2.29. The summed E-state index contributed by atoms with van der Waals surface area (Å²) in [7, 11) is 5.91. The Bertz CT molecular complexity index is 300. The maximum Gasteiger partial charge on any atom is 0.123 e. The summed E-state index contributed by atoms with van der Waals surface area (Å²) in [5.74, 6) is 0.961. The Hall–Kier alpha value is -1.06. The first kappa shape index (κ1) is 13.0. The molecule has 0 atom stereocenters. The number of para-hydroxylation sites is 1. The SMILES string of the molecule is COc1ccccc1CNCCCN(C)C. The summed E-state index contributed by atoms with van der Waals surface area (Å²) in [4.78, 5) is 2.20. The molecule has 0 aromatic heterocycles. The van der Waals surface area contributed by atoms with E-state index < -0.39 is 0 Å². The zero-order chi connectivity index (χ0) is 11.8. The van der Waals surface area contributed by atoms with Gasteiger partial charge in [-0.15, -0.1) is 0 Å². The van der Waals surface area contributed by atoms with Gasteiger partial charge in [0.15, 0.2) is 0 Å². The van der Waals surface area contributed by atoms with Crippen molar-refractivity contribution in [3.05, 3.63) is 29.8 Å². The van der Waals surface area contributed by atoms with E-state index in [9.17, 15) is 0 Å². The first-order chi connectivity index (χ1) is 7.74. The van der Waals surface area contributed by atoms with Crippen LogP contribution in [0.15, 0.2) is 24.3 Å². The third kappa shape index (κ3) is 4.64. The van der Waals surface area contributed by atoms with Crippen LogP contribution in [0.3, 0.4) is 0 Å². The summed E-state index contributed by atoms with van der Waals surface area (Å²) in [5, 5.41) is 3.43. The van der Waals surface area contributed by atoms with Crippen LogP contribution in [0.1, 0.15) is 12.0 Å². The highest BCUT2D eigenvalue weighted by Gasteiger charge is 2.00. The van der Waals surface area contributed by atoms with Crippen LogP contribution in [-0.4, -0.2) is 39.2 Å². The molecule has 0 heterocycles. The van der Waals surface area contributed by atoms with Gasteiger partial charge in [0, 0.05) is 12.1 Å². The van der Waals surface area contributed by atoms with Gasteiger partial charge in [0.2, 0.25) is 0 Å². The van der Waals surface area contributed by atoms with Gasteiger partial charge >= 0.3 is 0 Å². The van der Waals surface area contributed by atoms with Crippen molar-refractivity contribution in [1.82, 2.24) is 10.2 Å². The van der Waals surface area contributed by atoms with Gasteiger partial charge in [0.05, 0.1) is 7.11 Å². The molecule has 0 saturated heterocycles. The van der Waals surface area contributed by atoms with Crippen molar-refractivity contribution in [2.45, 2.75) is 13.0 Å². The van der Waals surface area contributed by atoms with Crippen LogP contribution in [-0.2, 0) is 6.54 Å². The third-order valence-electron chi connectivity index (χ3n) is 2.47. The van der Waals surface area contributed by atoms with E-state index in [0.717, 1.165) is 25.4 Å². The van der Waals surface area contributed by atoms with E-state index in [0.29, 0.717) is 0 Å². The van der Waals surface area contributed by atoms with Gasteiger partial charge in [0.1, 0.15) is 5.75 Å². The van der Waals surface area contributed by atoms with E-state index in [-0.39, 0.29) is 0 Å². The average molecular weight is 222 g/mol. The summed E-state index contributed by atoms with van der Waals surface area (Å²) >= 11 is 0. The first-order valence-electron chi connectivity index (χ1n) is 5.71. The summed E-state index contributed by atoms with van der Waals surface area (Å²) < 4.78 is 5.29. The van der Waals surface area contributed by atoms with E-state index in [1.54, 1.807) is 7.11 Å². The maximum atomic E-state index is 5.29. The van der Waals surface area contributed by atoms with Crippen molar-refractivity contribution >= 4 is 0 Å². The summed E-state index contributed by atoms with van der Waals surface area (Å²) in [5.41, 5.74) is 1.22. The molecule has 16 heavy (non-hydrogen) atoms. The maximum absolute atomic E-state index is 5.29. The molecular weight excluding hydrogens is 200 g/mol. The lowest BCUT2D eigenvalue weighted by Gasteiger charge is -2.11. The highest BCUT2D eigenvalue weighted by atomic mass is 16.5. The van der Waals surface area contributed by atoms with Crippen molar-refractivity contribution in [1.29, 1.82) is 0 Å². The highest BCUT2D eigenvalue weighted by Crippen LogP contribution is 2.16. The predicted octanol–water partition coefficient (Wildman–Crippen LogP) is 1.74. The molecule has 3 heteroatoms. The molecular formula is C13H22N2O. The number of methoxy groups -OCH3 is 1. The molecule has 1 aromatic carbocycles.